The first-order valence-electron chi connectivity index (χ1n) is 11.5. The molecule has 3 rings (SSSR count). The van der Waals surface area contributed by atoms with E-state index in [1.165, 1.54) is 11.1 Å². The Balaban J connectivity index is 1.49. The molecule has 1 saturated carbocycles. The van der Waals surface area contributed by atoms with Crippen LogP contribution in [-0.2, 0) is 22.4 Å². The molecule has 0 spiro atoms. The number of aryl methyl sites for hydroxylation is 1. The second kappa shape index (κ2) is 12.3. The number of carbonyl (C=O) groups is 2. The fraction of sp³-hybridized carbons (Fsp3) is 0.462. The SMILES string of the molecule is NC(=O)[C@@H]1CCCC[C@H]1NC(=O)CNCC(CCc1ccccc1)Cc1ccccc1. The zero-order chi connectivity index (χ0) is 21.9. The van der Waals surface area contributed by atoms with Crippen LogP contribution in [-0.4, -0.2) is 30.9 Å². The molecule has 1 aliphatic rings. The molecule has 0 radical (unpaired) electrons. The van der Waals surface area contributed by atoms with Crippen molar-refractivity contribution in [3.05, 3.63) is 71.8 Å². The highest BCUT2D eigenvalue weighted by Gasteiger charge is 2.30. The third-order valence-electron chi connectivity index (χ3n) is 6.25. The van der Waals surface area contributed by atoms with Crippen molar-refractivity contribution >= 4 is 11.8 Å². The largest absolute Gasteiger partial charge is 0.369 e. The van der Waals surface area contributed by atoms with E-state index in [1.807, 2.05) is 12.1 Å². The molecular formula is C26H35N3O2. The smallest absolute Gasteiger partial charge is 0.234 e. The van der Waals surface area contributed by atoms with Gasteiger partial charge in [0, 0.05) is 6.04 Å². The van der Waals surface area contributed by atoms with Crippen molar-refractivity contribution in [3.8, 4) is 0 Å². The topological polar surface area (TPSA) is 84.2 Å². The number of amides is 2. The number of hydrogen-bond donors (Lipinski definition) is 3. The minimum absolute atomic E-state index is 0.0559. The molecule has 1 fully saturated rings. The summed E-state index contributed by atoms with van der Waals surface area (Å²) in [5, 5.41) is 6.38. The number of primary amides is 1. The summed E-state index contributed by atoms with van der Waals surface area (Å²) in [6.45, 7) is 1.04. The van der Waals surface area contributed by atoms with Crippen LogP contribution in [0.15, 0.2) is 60.7 Å². The first-order chi connectivity index (χ1) is 15.1. The normalized spacial score (nSPS) is 19.5. The monoisotopic (exact) mass is 421 g/mol. The van der Waals surface area contributed by atoms with E-state index in [0.29, 0.717) is 5.92 Å². The Morgan fingerprint density at radius 2 is 1.58 bits per heavy atom. The molecule has 3 atom stereocenters. The van der Waals surface area contributed by atoms with Gasteiger partial charge in [-0.25, -0.2) is 0 Å². The molecule has 2 amide bonds. The summed E-state index contributed by atoms with van der Waals surface area (Å²) in [5.41, 5.74) is 8.18. The quantitative estimate of drug-likeness (QED) is 0.521. The van der Waals surface area contributed by atoms with E-state index in [0.717, 1.165) is 51.5 Å². The number of nitrogens with two attached hydrogens (primary N) is 1. The van der Waals surface area contributed by atoms with Gasteiger partial charge < -0.3 is 16.4 Å². The molecule has 0 heterocycles. The molecule has 5 nitrogen and oxygen atoms in total. The summed E-state index contributed by atoms with van der Waals surface area (Å²) in [5.74, 6) is -0.167. The maximum absolute atomic E-state index is 12.5. The van der Waals surface area contributed by atoms with Crippen LogP contribution in [0, 0.1) is 11.8 Å². The van der Waals surface area contributed by atoms with Gasteiger partial charge in [0.15, 0.2) is 0 Å². The summed E-state index contributed by atoms with van der Waals surface area (Å²) in [6, 6.07) is 20.9. The lowest BCUT2D eigenvalue weighted by Crippen LogP contribution is -2.49. The number of nitrogens with one attached hydrogen (secondary N) is 2. The molecular weight excluding hydrogens is 386 g/mol. The highest BCUT2D eigenvalue weighted by molar-refractivity contribution is 5.81. The fourth-order valence-electron chi connectivity index (χ4n) is 4.53. The third kappa shape index (κ3) is 7.83. The number of benzene rings is 2. The lowest BCUT2D eigenvalue weighted by atomic mass is 9.84. The third-order valence-corrected chi connectivity index (χ3v) is 6.25. The molecule has 0 bridgehead atoms. The Kier molecular flexibility index (Phi) is 9.10. The van der Waals surface area contributed by atoms with Crippen molar-refractivity contribution in [1.29, 1.82) is 0 Å². The average Bonchev–Trinajstić information content (AvgIpc) is 2.79. The van der Waals surface area contributed by atoms with Crippen molar-refractivity contribution < 1.29 is 9.59 Å². The summed E-state index contributed by atoms with van der Waals surface area (Å²) in [4.78, 5) is 24.1. The van der Waals surface area contributed by atoms with Crippen molar-refractivity contribution in [2.45, 2.75) is 51.0 Å². The van der Waals surface area contributed by atoms with E-state index in [9.17, 15) is 9.59 Å². The summed E-state index contributed by atoms with van der Waals surface area (Å²) < 4.78 is 0. The molecule has 31 heavy (non-hydrogen) atoms. The fourth-order valence-corrected chi connectivity index (χ4v) is 4.53. The summed E-state index contributed by atoms with van der Waals surface area (Å²) >= 11 is 0. The highest BCUT2D eigenvalue weighted by atomic mass is 16.2. The zero-order valence-corrected chi connectivity index (χ0v) is 18.3. The van der Waals surface area contributed by atoms with Gasteiger partial charge in [0.25, 0.3) is 0 Å². The van der Waals surface area contributed by atoms with Crippen LogP contribution in [0.2, 0.25) is 0 Å². The van der Waals surface area contributed by atoms with Crippen LogP contribution in [0.1, 0.15) is 43.2 Å². The molecule has 0 aromatic heterocycles. The number of carbonyl (C=O) groups excluding carboxylic acids is 2. The van der Waals surface area contributed by atoms with E-state index in [1.54, 1.807) is 0 Å². The lowest BCUT2D eigenvalue weighted by molar-refractivity contribution is -0.125. The van der Waals surface area contributed by atoms with Crippen LogP contribution in [0.3, 0.4) is 0 Å². The van der Waals surface area contributed by atoms with Crippen LogP contribution in [0.25, 0.3) is 0 Å². The lowest BCUT2D eigenvalue weighted by Gasteiger charge is -2.30. The van der Waals surface area contributed by atoms with Gasteiger partial charge in [-0.1, -0.05) is 73.5 Å². The summed E-state index contributed by atoms with van der Waals surface area (Å²) in [7, 11) is 0. The molecule has 0 aliphatic heterocycles. The Hall–Kier alpha value is -2.66. The van der Waals surface area contributed by atoms with E-state index < -0.39 is 0 Å². The van der Waals surface area contributed by atoms with E-state index >= 15 is 0 Å². The van der Waals surface area contributed by atoms with E-state index in [2.05, 4.69) is 59.2 Å². The van der Waals surface area contributed by atoms with Gasteiger partial charge in [-0.2, -0.15) is 0 Å². The maximum Gasteiger partial charge on any atom is 0.234 e. The molecule has 0 saturated heterocycles. The highest BCUT2D eigenvalue weighted by Crippen LogP contribution is 2.24. The van der Waals surface area contributed by atoms with Gasteiger partial charge >= 0.3 is 0 Å². The standard InChI is InChI=1S/C26H35N3O2/c27-26(31)23-13-7-8-14-24(23)29-25(30)19-28-18-22(17-21-11-5-2-6-12-21)16-15-20-9-3-1-4-10-20/h1-6,9-12,22-24,28H,7-8,13-19H2,(H2,27,31)(H,29,30)/t22?,23-,24-/m1/s1. The van der Waals surface area contributed by atoms with Gasteiger partial charge in [0.05, 0.1) is 12.5 Å². The Morgan fingerprint density at radius 3 is 2.26 bits per heavy atom. The second-order valence-corrected chi connectivity index (χ2v) is 8.68. The Morgan fingerprint density at radius 1 is 0.935 bits per heavy atom. The second-order valence-electron chi connectivity index (χ2n) is 8.68. The van der Waals surface area contributed by atoms with Gasteiger partial charge in [-0.3, -0.25) is 9.59 Å². The molecule has 166 valence electrons. The van der Waals surface area contributed by atoms with Gasteiger partial charge in [0.2, 0.25) is 11.8 Å². The zero-order valence-electron chi connectivity index (χ0n) is 18.3. The predicted molar refractivity (Wildman–Crippen MR) is 124 cm³/mol. The predicted octanol–water partition coefficient (Wildman–Crippen LogP) is 3.23. The van der Waals surface area contributed by atoms with Crippen LogP contribution >= 0.6 is 0 Å². The Bertz CT molecular complexity index is 810. The van der Waals surface area contributed by atoms with Crippen LogP contribution in [0.5, 0.6) is 0 Å². The first-order valence-corrected chi connectivity index (χ1v) is 11.5. The van der Waals surface area contributed by atoms with Crippen LogP contribution in [0.4, 0.5) is 0 Å². The molecule has 2 aromatic rings. The van der Waals surface area contributed by atoms with E-state index in [-0.39, 0.29) is 30.3 Å². The average molecular weight is 422 g/mol. The first kappa shape index (κ1) is 23.0. The van der Waals surface area contributed by atoms with Gasteiger partial charge in [0.1, 0.15) is 0 Å². The van der Waals surface area contributed by atoms with Crippen molar-refractivity contribution in [3.63, 3.8) is 0 Å². The van der Waals surface area contributed by atoms with Crippen molar-refractivity contribution in [2.75, 3.05) is 13.1 Å². The van der Waals surface area contributed by atoms with Gasteiger partial charge in [-0.05, 0) is 55.7 Å². The molecule has 1 unspecified atom stereocenters. The maximum atomic E-state index is 12.5. The molecule has 2 aromatic carbocycles. The van der Waals surface area contributed by atoms with Crippen LogP contribution < -0.4 is 16.4 Å². The minimum Gasteiger partial charge on any atom is -0.369 e. The van der Waals surface area contributed by atoms with E-state index in [4.69, 9.17) is 5.73 Å². The Labute approximate surface area is 185 Å². The number of hydrogen-bond acceptors (Lipinski definition) is 3. The van der Waals surface area contributed by atoms with Crippen molar-refractivity contribution in [1.82, 2.24) is 10.6 Å². The molecule has 4 N–H and O–H groups in total. The van der Waals surface area contributed by atoms with Crippen molar-refractivity contribution in [2.24, 2.45) is 17.6 Å². The molecule has 5 heteroatoms. The number of rotatable bonds is 11. The van der Waals surface area contributed by atoms with Gasteiger partial charge in [-0.15, -0.1) is 0 Å². The minimum atomic E-state index is -0.304. The summed E-state index contributed by atoms with van der Waals surface area (Å²) in [6.07, 6.45) is 6.68. The molecule has 1 aliphatic carbocycles.